The van der Waals surface area contributed by atoms with Crippen LogP contribution in [-0.2, 0) is 26.0 Å². The second-order valence-corrected chi connectivity index (χ2v) is 10.8. The maximum atomic E-state index is 13.8. The Morgan fingerprint density at radius 2 is 1.49 bits per heavy atom. The standard InChI is InChI=1S/C29H35N3O4S/c1-4-20-30-29(34)24(3)31(21-19-25-11-7-5-8-12-25)28(33)22-32(26-17-15-23(2)16-18-26)37(35,36)27-13-9-6-10-14-27/h5-18,24H,4,19-22H2,1-3H3,(H,30,34). The number of rotatable bonds is 12. The van der Waals surface area contributed by atoms with Crippen molar-refractivity contribution in [2.75, 3.05) is 23.9 Å². The molecule has 3 aromatic rings. The van der Waals surface area contributed by atoms with E-state index in [0.29, 0.717) is 18.7 Å². The first kappa shape index (κ1) is 27.9. The molecule has 0 aliphatic rings. The minimum absolute atomic E-state index is 0.0907. The molecule has 0 saturated heterocycles. The highest BCUT2D eigenvalue weighted by Gasteiger charge is 2.32. The molecule has 3 aromatic carbocycles. The molecule has 0 fully saturated rings. The fraction of sp³-hybridized carbons (Fsp3) is 0.310. The van der Waals surface area contributed by atoms with Crippen molar-refractivity contribution < 1.29 is 18.0 Å². The average Bonchev–Trinajstić information content (AvgIpc) is 2.92. The molecule has 0 spiro atoms. The highest BCUT2D eigenvalue weighted by molar-refractivity contribution is 7.92. The molecule has 1 atom stereocenters. The third kappa shape index (κ3) is 7.43. The van der Waals surface area contributed by atoms with Gasteiger partial charge in [0.05, 0.1) is 10.6 Å². The van der Waals surface area contributed by atoms with Gasteiger partial charge in [-0.05, 0) is 56.5 Å². The van der Waals surface area contributed by atoms with Crippen molar-refractivity contribution >= 4 is 27.5 Å². The van der Waals surface area contributed by atoms with Crippen molar-refractivity contribution in [3.05, 3.63) is 96.1 Å². The fourth-order valence-corrected chi connectivity index (χ4v) is 5.36. The highest BCUT2D eigenvalue weighted by atomic mass is 32.2. The molecule has 7 nitrogen and oxygen atoms in total. The Kier molecular flexibility index (Phi) is 9.85. The van der Waals surface area contributed by atoms with E-state index in [2.05, 4.69) is 5.32 Å². The average molecular weight is 522 g/mol. The molecule has 0 radical (unpaired) electrons. The van der Waals surface area contributed by atoms with Crippen LogP contribution in [0.15, 0.2) is 89.8 Å². The van der Waals surface area contributed by atoms with Gasteiger partial charge < -0.3 is 10.2 Å². The minimum atomic E-state index is -4.04. The van der Waals surface area contributed by atoms with Crippen LogP contribution in [0, 0.1) is 6.92 Å². The summed E-state index contributed by atoms with van der Waals surface area (Å²) in [5.74, 6) is -0.716. The molecule has 1 N–H and O–H groups in total. The Bertz CT molecular complexity index is 1260. The van der Waals surface area contributed by atoms with E-state index in [-0.39, 0.29) is 17.3 Å². The number of aryl methyl sites for hydroxylation is 1. The Morgan fingerprint density at radius 3 is 2.08 bits per heavy atom. The van der Waals surface area contributed by atoms with E-state index >= 15 is 0 Å². The van der Waals surface area contributed by atoms with E-state index in [4.69, 9.17) is 0 Å². The lowest BCUT2D eigenvalue weighted by atomic mass is 10.1. The van der Waals surface area contributed by atoms with Gasteiger partial charge in [-0.25, -0.2) is 8.42 Å². The monoisotopic (exact) mass is 521 g/mol. The molecule has 0 bridgehead atoms. The molecule has 0 aromatic heterocycles. The molecule has 196 valence electrons. The lowest BCUT2D eigenvalue weighted by Gasteiger charge is -2.32. The quantitative estimate of drug-likeness (QED) is 0.388. The number of nitrogens with zero attached hydrogens (tertiary/aromatic N) is 2. The third-order valence-corrected chi connectivity index (χ3v) is 7.92. The fourth-order valence-electron chi connectivity index (χ4n) is 3.93. The van der Waals surface area contributed by atoms with Crippen LogP contribution in [0.3, 0.4) is 0 Å². The summed E-state index contributed by atoms with van der Waals surface area (Å²) >= 11 is 0. The number of benzene rings is 3. The minimum Gasteiger partial charge on any atom is -0.354 e. The van der Waals surface area contributed by atoms with Crippen molar-refractivity contribution in [1.82, 2.24) is 10.2 Å². The van der Waals surface area contributed by atoms with E-state index in [1.54, 1.807) is 49.4 Å². The van der Waals surface area contributed by atoms with Gasteiger partial charge in [-0.2, -0.15) is 0 Å². The van der Waals surface area contributed by atoms with E-state index in [9.17, 15) is 18.0 Å². The second-order valence-electron chi connectivity index (χ2n) is 8.95. The van der Waals surface area contributed by atoms with Gasteiger partial charge in [0.25, 0.3) is 10.0 Å². The number of carbonyl (C=O) groups excluding carboxylic acids is 2. The van der Waals surface area contributed by atoms with Crippen LogP contribution in [0.25, 0.3) is 0 Å². The molecule has 3 rings (SSSR count). The predicted octanol–water partition coefficient (Wildman–Crippen LogP) is 4.18. The lowest BCUT2D eigenvalue weighted by Crippen LogP contribution is -2.52. The maximum absolute atomic E-state index is 13.8. The van der Waals surface area contributed by atoms with Gasteiger partial charge in [-0.3, -0.25) is 13.9 Å². The number of hydrogen-bond acceptors (Lipinski definition) is 4. The largest absolute Gasteiger partial charge is 0.354 e. The number of hydrogen-bond donors (Lipinski definition) is 1. The first-order chi connectivity index (χ1) is 17.7. The number of amides is 2. The highest BCUT2D eigenvalue weighted by Crippen LogP contribution is 2.24. The number of anilines is 1. The van der Waals surface area contributed by atoms with Gasteiger partial charge in [-0.15, -0.1) is 0 Å². The van der Waals surface area contributed by atoms with Crippen LogP contribution in [-0.4, -0.2) is 50.8 Å². The van der Waals surface area contributed by atoms with E-state index in [0.717, 1.165) is 21.9 Å². The molecule has 37 heavy (non-hydrogen) atoms. The summed E-state index contributed by atoms with van der Waals surface area (Å²) in [5.41, 5.74) is 2.38. The molecule has 8 heteroatoms. The van der Waals surface area contributed by atoms with E-state index < -0.39 is 28.5 Å². The molecular weight excluding hydrogens is 486 g/mol. The van der Waals surface area contributed by atoms with Gasteiger partial charge in [0.1, 0.15) is 12.6 Å². The zero-order valence-electron chi connectivity index (χ0n) is 21.6. The lowest BCUT2D eigenvalue weighted by molar-refractivity contribution is -0.138. The smallest absolute Gasteiger partial charge is 0.264 e. The van der Waals surface area contributed by atoms with Crippen LogP contribution in [0.1, 0.15) is 31.4 Å². The van der Waals surface area contributed by atoms with Crippen LogP contribution in [0.5, 0.6) is 0 Å². The summed E-state index contributed by atoms with van der Waals surface area (Å²) in [5, 5.41) is 2.85. The summed E-state index contributed by atoms with van der Waals surface area (Å²) < 4.78 is 28.5. The van der Waals surface area contributed by atoms with Crippen molar-refractivity contribution in [2.24, 2.45) is 0 Å². The van der Waals surface area contributed by atoms with Gasteiger partial charge in [0, 0.05) is 13.1 Å². The predicted molar refractivity (Wildman–Crippen MR) is 147 cm³/mol. The van der Waals surface area contributed by atoms with Crippen LogP contribution >= 0.6 is 0 Å². The van der Waals surface area contributed by atoms with Crippen LogP contribution in [0.4, 0.5) is 5.69 Å². The molecule has 0 aliphatic carbocycles. The van der Waals surface area contributed by atoms with Gasteiger partial charge in [0.15, 0.2) is 0 Å². The summed E-state index contributed by atoms with van der Waals surface area (Å²) in [4.78, 5) is 28.1. The topological polar surface area (TPSA) is 86.8 Å². The summed E-state index contributed by atoms with van der Waals surface area (Å²) in [6.07, 6.45) is 1.31. The zero-order valence-corrected chi connectivity index (χ0v) is 22.4. The van der Waals surface area contributed by atoms with Crippen LogP contribution < -0.4 is 9.62 Å². The Labute approximate surface area is 220 Å². The molecule has 2 amide bonds. The summed E-state index contributed by atoms with van der Waals surface area (Å²) in [6.45, 7) is 5.89. The Morgan fingerprint density at radius 1 is 0.892 bits per heavy atom. The zero-order chi connectivity index (χ0) is 26.8. The molecular formula is C29H35N3O4S. The van der Waals surface area contributed by atoms with Gasteiger partial charge >= 0.3 is 0 Å². The normalized spacial score (nSPS) is 12.0. The Balaban J connectivity index is 1.94. The van der Waals surface area contributed by atoms with Crippen molar-refractivity contribution in [2.45, 2.75) is 44.6 Å². The first-order valence-electron chi connectivity index (χ1n) is 12.5. The van der Waals surface area contributed by atoms with Crippen LogP contribution in [0.2, 0.25) is 0 Å². The maximum Gasteiger partial charge on any atom is 0.264 e. The first-order valence-corrected chi connectivity index (χ1v) is 13.9. The molecule has 0 saturated carbocycles. The van der Waals surface area contributed by atoms with E-state index in [1.807, 2.05) is 44.2 Å². The van der Waals surface area contributed by atoms with Gasteiger partial charge in [0.2, 0.25) is 11.8 Å². The van der Waals surface area contributed by atoms with E-state index in [1.165, 1.54) is 17.0 Å². The second kappa shape index (κ2) is 13.1. The number of sulfonamides is 1. The molecule has 0 aliphatic heterocycles. The number of nitrogens with one attached hydrogen (secondary N) is 1. The molecule has 0 heterocycles. The van der Waals surface area contributed by atoms with Crippen molar-refractivity contribution in [3.63, 3.8) is 0 Å². The third-order valence-electron chi connectivity index (χ3n) is 6.13. The number of carbonyl (C=O) groups is 2. The summed E-state index contributed by atoms with van der Waals surface area (Å²) in [7, 11) is -4.04. The van der Waals surface area contributed by atoms with Gasteiger partial charge in [-0.1, -0.05) is 73.2 Å². The Hall–Kier alpha value is -3.65. The molecule has 1 unspecified atom stereocenters. The van der Waals surface area contributed by atoms with Crippen molar-refractivity contribution in [1.29, 1.82) is 0 Å². The summed E-state index contributed by atoms with van der Waals surface area (Å²) in [6, 6.07) is 24.0. The van der Waals surface area contributed by atoms with Crippen molar-refractivity contribution in [3.8, 4) is 0 Å². The SMILES string of the molecule is CCCNC(=O)C(C)N(CCc1ccccc1)C(=O)CN(c1ccc(C)cc1)S(=O)(=O)c1ccccc1.